The zero-order valence-electron chi connectivity index (χ0n) is 63.7. The van der Waals surface area contributed by atoms with Crippen LogP contribution in [0, 0.1) is 0 Å². The zero-order chi connectivity index (χ0) is 74.6. The van der Waals surface area contributed by atoms with E-state index in [0.717, 1.165) is 167 Å². The highest BCUT2D eigenvalue weighted by Gasteiger charge is 2.30. The van der Waals surface area contributed by atoms with E-state index in [1.807, 2.05) is 18.2 Å². The van der Waals surface area contributed by atoms with Crippen LogP contribution in [0.5, 0.6) is 0 Å². The number of rotatable bonds is 73. The lowest BCUT2D eigenvalue weighted by atomic mass is 10.1. The number of phosphoric ester groups is 2. The number of phosphoric acid groups is 2. The number of hydrogen-bond acceptors (Lipinski definition) is 15. The first-order valence-electron chi connectivity index (χ1n) is 39.4. The Kier molecular flexibility index (Phi) is 71.0. The van der Waals surface area contributed by atoms with E-state index in [2.05, 4.69) is 143 Å². The van der Waals surface area contributed by atoms with Gasteiger partial charge in [0.25, 0.3) is 0 Å². The van der Waals surface area contributed by atoms with Gasteiger partial charge in [-0.25, -0.2) is 9.13 Å². The Morgan fingerprint density at radius 2 is 0.539 bits per heavy atom. The van der Waals surface area contributed by atoms with Crippen molar-refractivity contribution in [3.05, 3.63) is 134 Å². The van der Waals surface area contributed by atoms with Crippen molar-refractivity contribution in [2.75, 3.05) is 39.6 Å². The van der Waals surface area contributed by atoms with Gasteiger partial charge in [-0.3, -0.25) is 37.3 Å². The van der Waals surface area contributed by atoms with Crippen LogP contribution in [0.2, 0.25) is 0 Å². The van der Waals surface area contributed by atoms with E-state index in [1.54, 1.807) is 0 Å². The average molecular weight is 1470 g/mol. The van der Waals surface area contributed by atoms with Crippen molar-refractivity contribution in [1.29, 1.82) is 0 Å². The standard InChI is InChI=1S/C83H140O17P2/c1-5-9-13-17-21-25-29-32-34-36-38-40-42-45-49-52-56-60-64-68-81(86)94-74-79(100-83(88)70-66-62-58-54-50-46-43-41-39-37-35-33-30-26-22-18-14-10-6-2)76-98-102(91,92)96-72-77(84)71-95-101(89,90)97-75-78(99-82(87)69-65-61-57-53-47-28-24-20-16-12-8-4)73-93-80(85)67-63-59-55-51-48-44-31-27-23-19-15-11-7-3/h9,13,20-22,24-27,31-35,38-41,45,49,56,60,77-79,84H,5-8,10-12,14-19,23,28-30,36-37,42-44,46-48,50-55,57-59,61-76H2,1-4H3,(H,89,90)(H,91,92)/b13-9-,24-20-,25-21-,26-22-,31-27-,34-32-,35-33-,40-38-,41-39-,49-45-,60-56-. The highest BCUT2D eigenvalue weighted by Crippen LogP contribution is 2.45. The molecule has 0 aromatic carbocycles. The monoisotopic (exact) mass is 1470 g/mol. The van der Waals surface area contributed by atoms with Crippen LogP contribution in [0.15, 0.2) is 134 Å². The summed E-state index contributed by atoms with van der Waals surface area (Å²) in [7, 11) is -9.98. The molecule has 0 amide bonds. The lowest BCUT2D eigenvalue weighted by molar-refractivity contribution is -0.161. The first-order valence-corrected chi connectivity index (χ1v) is 42.4. The van der Waals surface area contributed by atoms with Gasteiger partial charge in [0.15, 0.2) is 12.2 Å². The fourth-order valence-electron chi connectivity index (χ4n) is 10.1. The number of aliphatic hydroxyl groups is 1. The Bertz CT molecular complexity index is 2460. The number of carbonyl (C=O) groups excluding carboxylic acids is 4. The van der Waals surface area contributed by atoms with E-state index in [4.69, 9.17) is 37.0 Å². The van der Waals surface area contributed by atoms with E-state index in [1.165, 1.54) is 57.8 Å². The minimum absolute atomic E-state index is 0.0298. The highest BCUT2D eigenvalue weighted by molar-refractivity contribution is 7.47. The van der Waals surface area contributed by atoms with Gasteiger partial charge in [-0.15, -0.1) is 0 Å². The summed E-state index contributed by atoms with van der Waals surface area (Å²) in [5.41, 5.74) is 0. The van der Waals surface area contributed by atoms with Gasteiger partial charge in [0.1, 0.15) is 19.3 Å². The van der Waals surface area contributed by atoms with Gasteiger partial charge >= 0.3 is 39.5 Å². The molecule has 0 aliphatic rings. The Balaban J connectivity index is 5.43. The first kappa shape index (κ1) is 97.2. The molecule has 5 unspecified atom stereocenters. The molecule has 0 rings (SSSR count). The highest BCUT2D eigenvalue weighted by atomic mass is 31.2. The Labute approximate surface area is 618 Å². The molecular formula is C83H140O17P2. The van der Waals surface area contributed by atoms with E-state index in [9.17, 15) is 43.2 Å². The van der Waals surface area contributed by atoms with Crippen molar-refractivity contribution in [3.8, 4) is 0 Å². The Morgan fingerprint density at radius 1 is 0.284 bits per heavy atom. The summed E-state index contributed by atoms with van der Waals surface area (Å²) in [5.74, 6) is -2.31. The SMILES string of the molecule is CC/C=C\C/C=C\C/C=C\C/C=C\C/C=C\C/C=C\CCC(=O)OCC(COP(=O)(O)OCC(O)COP(=O)(O)OCC(COC(=O)CCCCCCC/C=C\CCCCCC)OC(=O)CCCCCCC/C=C\CCCC)OC(=O)CCCCCCCC/C=C\C/C=C\C/C=C\CCCCC. The average Bonchev–Trinajstić information content (AvgIpc) is 0.940. The molecule has 0 bridgehead atoms. The molecule has 0 saturated carbocycles. The van der Waals surface area contributed by atoms with Crippen molar-refractivity contribution >= 4 is 39.5 Å². The van der Waals surface area contributed by atoms with Crippen molar-refractivity contribution in [2.24, 2.45) is 0 Å². The van der Waals surface area contributed by atoms with Gasteiger partial charge in [0.05, 0.1) is 26.4 Å². The lowest BCUT2D eigenvalue weighted by Gasteiger charge is -2.21. The van der Waals surface area contributed by atoms with Crippen LogP contribution in [-0.2, 0) is 65.4 Å². The number of ether oxygens (including phenoxy) is 4. The van der Waals surface area contributed by atoms with Gasteiger partial charge in [-0.1, -0.05) is 271 Å². The predicted octanol–water partition coefficient (Wildman–Crippen LogP) is 22.9. The second-order valence-electron chi connectivity index (χ2n) is 25.9. The zero-order valence-corrected chi connectivity index (χ0v) is 65.5. The maximum Gasteiger partial charge on any atom is 0.472 e. The summed E-state index contributed by atoms with van der Waals surface area (Å²) < 4.78 is 68.4. The second-order valence-corrected chi connectivity index (χ2v) is 28.8. The van der Waals surface area contributed by atoms with Gasteiger partial charge in [0.2, 0.25) is 0 Å². The topological polar surface area (TPSA) is 237 Å². The maximum atomic E-state index is 13.1. The maximum absolute atomic E-state index is 13.1. The molecule has 0 aliphatic heterocycles. The number of hydrogen-bond donors (Lipinski definition) is 3. The predicted molar refractivity (Wildman–Crippen MR) is 418 cm³/mol. The third kappa shape index (κ3) is 73.5. The van der Waals surface area contributed by atoms with Crippen LogP contribution in [0.1, 0.15) is 310 Å². The van der Waals surface area contributed by atoms with E-state index in [0.29, 0.717) is 32.1 Å². The summed E-state index contributed by atoms with van der Waals surface area (Å²) in [5, 5.41) is 10.6. The number of aliphatic hydroxyl groups excluding tert-OH is 1. The number of unbranched alkanes of at least 4 members (excludes halogenated alkanes) is 25. The molecule has 0 spiro atoms. The molecule has 0 radical (unpaired) electrons. The summed E-state index contributed by atoms with van der Waals surface area (Å²) in [6, 6.07) is 0. The molecule has 0 fully saturated rings. The molecule has 0 saturated heterocycles. The smallest absolute Gasteiger partial charge is 0.462 e. The molecule has 17 nitrogen and oxygen atoms in total. The van der Waals surface area contributed by atoms with Crippen molar-refractivity contribution in [2.45, 2.75) is 329 Å². The molecule has 0 aromatic heterocycles. The molecule has 0 aliphatic carbocycles. The number of allylic oxidation sites excluding steroid dienone is 22. The normalized spacial score (nSPS) is 14.6. The van der Waals surface area contributed by atoms with Crippen LogP contribution >= 0.6 is 15.6 Å². The summed E-state index contributed by atoms with van der Waals surface area (Å²) in [6.07, 6.45) is 83.1. The molecule has 0 heterocycles. The van der Waals surface area contributed by atoms with Crippen LogP contribution < -0.4 is 0 Å². The molecule has 0 aromatic rings. The minimum Gasteiger partial charge on any atom is -0.462 e. The molecular weight excluding hydrogens is 1330 g/mol. The van der Waals surface area contributed by atoms with Crippen LogP contribution in [-0.4, -0.2) is 96.7 Å². The summed E-state index contributed by atoms with van der Waals surface area (Å²) in [4.78, 5) is 72.9. The summed E-state index contributed by atoms with van der Waals surface area (Å²) in [6.45, 7) is 4.56. The van der Waals surface area contributed by atoms with Crippen LogP contribution in [0.25, 0.3) is 0 Å². The van der Waals surface area contributed by atoms with Gasteiger partial charge in [0, 0.05) is 25.7 Å². The van der Waals surface area contributed by atoms with E-state index < -0.39 is 97.5 Å². The lowest BCUT2D eigenvalue weighted by Crippen LogP contribution is -2.30. The van der Waals surface area contributed by atoms with Crippen molar-refractivity contribution in [1.82, 2.24) is 0 Å². The van der Waals surface area contributed by atoms with Crippen LogP contribution in [0.4, 0.5) is 0 Å². The molecule has 19 heteroatoms. The molecule has 584 valence electrons. The molecule has 102 heavy (non-hydrogen) atoms. The van der Waals surface area contributed by atoms with Gasteiger partial charge in [-0.05, 0) is 148 Å². The molecule has 5 atom stereocenters. The number of carbonyl (C=O) groups is 4. The largest absolute Gasteiger partial charge is 0.472 e. The van der Waals surface area contributed by atoms with Gasteiger partial charge < -0.3 is 33.8 Å². The van der Waals surface area contributed by atoms with E-state index in [-0.39, 0.29) is 25.7 Å². The third-order valence-corrected chi connectivity index (χ3v) is 18.0. The third-order valence-electron chi connectivity index (χ3n) is 16.1. The van der Waals surface area contributed by atoms with E-state index >= 15 is 0 Å². The fourth-order valence-corrected chi connectivity index (χ4v) is 11.6. The second kappa shape index (κ2) is 74.5. The fraction of sp³-hybridized carbons (Fsp3) is 0.687. The van der Waals surface area contributed by atoms with Gasteiger partial charge in [-0.2, -0.15) is 0 Å². The molecule has 3 N–H and O–H groups in total. The Hall–Kier alpha value is -4.80. The minimum atomic E-state index is -5.00. The van der Waals surface area contributed by atoms with Crippen molar-refractivity contribution in [3.63, 3.8) is 0 Å². The quantitative estimate of drug-likeness (QED) is 0.0169. The van der Waals surface area contributed by atoms with Crippen LogP contribution in [0.3, 0.4) is 0 Å². The Morgan fingerprint density at radius 3 is 0.902 bits per heavy atom. The number of esters is 4. The van der Waals surface area contributed by atoms with Crippen molar-refractivity contribution < 1.29 is 80.2 Å². The first-order chi connectivity index (χ1) is 49.7. The summed E-state index contributed by atoms with van der Waals surface area (Å²) >= 11 is 0.